The lowest BCUT2D eigenvalue weighted by molar-refractivity contribution is -0.0357. The maximum atomic E-state index is 12.4. The average Bonchev–Trinajstić information content (AvgIpc) is 3.15. The maximum Gasteiger partial charge on any atom is 0.315 e. The highest BCUT2D eigenvalue weighted by molar-refractivity contribution is 5.73. The summed E-state index contributed by atoms with van der Waals surface area (Å²) in [6.45, 7) is 4.51. The van der Waals surface area contributed by atoms with Crippen LogP contribution < -0.4 is 10.6 Å². The summed E-state index contributed by atoms with van der Waals surface area (Å²) < 4.78 is 7.41. The number of hydrogen-bond donors (Lipinski definition) is 2. The molecule has 0 bridgehead atoms. The molecule has 27 heavy (non-hydrogen) atoms. The molecule has 1 saturated carbocycles. The number of rotatable bonds is 5. The van der Waals surface area contributed by atoms with Crippen LogP contribution in [0.25, 0.3) is 5.65 Å². The summed E-state index contributed by atoms with van der Waals surface area (Å²) >= 11 is 0. The predicted octanol–water partition coefficient (Wildman–Crippen LogP) is 1.56. The Hall–Kier alpha value is -2.19. The van der Waals surface area contributed by atoms with Crippen molar-refractivity contribution in [3.05, 3.63) is 30.2 Å². The van der Waals surface area contributed by atoms with Gasteiger partial charge in [0.15, 0.2) is 11.5 Å². The highest BCUT2D eigenvalue weighted by atomic mass is 16.5. The number of carbonyl (C=O) groups excluding carboxylic acids is 1. The van der Waals surface area contributed by atoms with Crippen LogP contribution in [-0.4, -0.2) is 63.9 Å². The summed E-state index contributed by atoms with van der Waals surface area (Å²) in [7, 11) is 0. The van der Waals surface area contributed by atoms with Crippen molar-refractivity contribution >= 4 is 11.7 Å². The normalized spacial score (nSPS) is 20.4. The van der Waals surface area contributed by atoms with Gasteiger partial charge in [-0.25, -0.2) is 4.79 Å². The number of carbonyl (C=O) groups is 1. The van der Waals surface area contributed by atoms with Crippen LogP contribution in [-0.2, 0) is 11.3 Å². The standard InChI is InChI=1S/C19H28N6O2/c26-18(20-14-17-23-22-16-6-2-5-9-25(16)17)21-15-19(7-3-1-4-8-19)24-10-12-27-13-11-24/h2,5-6,9H,1,3-4,7-8,10-15H2,(H2,20,21,26). The molecule has 2 aromatic heterocycles. The van der Waals surface area contributed by atoms with E-state index in [1.807, 2.05) is 28.8 Å². The van der Waals surface area contributed by atoms with Gasteiger partial charge in [-0.15, -0.1) is 10.2 Å². The molecule has 8 heteroatoms. The van der Waals surface area contributed by atoms with E-state index in [1.54, 1.807) is 0 Å². The van der Waals surface area contributed by atoms with Gasteiger partial charge in [0.2, 0.25) is 0 Å². The summed E-state index contributed by atoms with van der Waals surface area (Å²) in [5.74, 6) is 0.723. The van der Waals surface area contributed by atoms with Gasteiger partial charge in [-0.05, 0) is 25.0 Å². The smallest absolute Gasteiger partial charge is 0.315 e. The third-order valence-electron chi connectivity index (χ3n) is 5.84. The number of pyridine rings is 1. The molecule has 2 aromatic rings. The molecule has 2 N–H and O–H groups in total. The minimum absolute atomic E-state index is 0.0704. The number of hydrogen-bond acceptors (Lipinski definition) is 5. The summed E-state index contributed by atoms with van der Waals surface area (Å²) in [5.41, 5.74) is 0.851. The molecule has 4 rings (SSSR count). The number of aromatic nitrogens is 3. The molecule has 1 aliphatic carbocycles. The van der Waals surface area contributed by atoms with Gasteiger partial charge in [0.1, 0.15) is 0 Å². The Bertz CT molecular complexity index is 764. The monoisotopic (exact) mass is 372 g/mol. The van der Waals surface area contributed by atoms with Crippen LogP contribution in [0.3, 0.4) is 0 Å². The number of nitrogens with zero attached hydrogens (tertiary/aromatic N) is 4. The number of ether oxygens (including phenoxy) is 1. The van der Waals surface area contributed by atoms with Gasteiger partial charge in [0, 0.05) is 31.4 Å². The largest absolute Gasteiger partial charge is 0.379 e. The van der Waals surface area contributed by atoms with Gasteiger partial charge >= 0.3 is 6.03 Å². The van der Waals surface area contributed by atoms with Crippen LogP contribution in [0, 0.1) is 0 Å². The van der Waals surface area contributed by atoms with Gasteiger partial charge in [0.05, 0.1) is 19.8 Å². The Morgan fingerprint density at radius 1 is 1.11 bits per heavy atom. The number of fused-ring (bicyclic) bond motifs is 1. The molecule has 2 fully saturated rings. The van der Waals surface area contributed by atoms with Crippen LogP contribution in [0.4, 0.5) is 4.79 Å². The van der Waals surface area contributed by atoms with Gasteiger partial charge in [0.25, 0.3) is 0 Å². The molecule has 8 nitrogen and oxygen atoms in total. The fraction of sp³-hybridized carbons (Fsp3) is 0.632. The second-order valence-corrected chi connectivity index (χ2v) is 7.47. The Morgan fingerprint density at radius 3 is 2.74 bits per heavy atom. The molecular weight excluding hydrogens is 344 g/mol. The van der Waals surface area contributed by atoms with Crippen molar-refractivity contribution in [3.63, 3.8) is 0 Å². The predicted molar refractivity (Wildman–Crippen MR) is 101 cm³/mol. The van der Waals surface area contributed by atoms with Crippen LogP contribution in [0.1, 0.15) is 37.9 Å². The van der Waals surface area contributed by atoms with E-state index in [-0.39, 0.29) is 11.6 Å². The first-order valence-electron chi connectivity index (χ1n) is 9.90. The summed E-state index contributed by atoms with van der Waals surface area (Å²) in [4.78, 5) is 14.9. The fourth-order valence-electron chi connectivity index (χ4n) is 4.33. The molecule has 0 radical (unpaired) electrons. The average molecular weight is 372 g/mol. The minimum atomic E-state index is -0.152. The van der Waals surface area contributed by atoms with E-state index in [0.29, 0.717) is 13.1 Å². The van der Waals surface area contributed by atoms with Gasteiger partial charge in [-0.3, -0.25) is 9.30 Å². The molecule has 2 aliphatic rings. The van der Waals surface area contributed by atoms with E-state index in [4.69, 9.17) is 4.74 Å². The fourth-order valence-corrected chi connectivity index (χ4v) is 4.33. The second-order valence-electron chi connectivity index (χ2n) is 7.47. The van der Waals surface area contributed by atoms with Gasteiger partial charge in [-0.1, -0.05) is 25.3 Å². The minimum Gasteiger partial charge on any atom is -0.379 e. The van der Waals surface area contributed by atoms with Crippen molar-refractivity contribution in [1.29, 1.82) is 0 Å². The Labute approximate surface area is 159 Å². The summed E-state index contributed by atoms with van der Waals surface area (Å²) in [6.07, 6.45) is 7.93. The number of nitrogens with one attached hydrogen (secondary N) is 2. The quantitative estimate of drug-likeness (QED) is 0.832. The molecule has 0 aromatic carbocycles. The van der Waals surface area contributed by atoms with E-state index in [2.05, 4.69) is 25.7 Å². The van der Waals surface area contributed by atoms with E-state index in [1.165, 1.54) is 19.3 Å². The molecule has 2 amide bonds. The van der Waals surface area contributed by atoms with Crippen molar-refractivity contribution < 1.29 is 9.53 Å². The first-order chi connectivity index (χ1) is 13.3. The van der Waals surface area contributed by atoms with Crippen molar-refractivity contribution in [3.8, 4) is 0 Å². The highest BCUT2D eigenvalue weighted by Crippen LogP contribution is 2.33. The Morgan fingerprint density at radius 2 is 1.93 bits per heavy atom. The highest BCUT2D eigenvalue weighted by Gasteiger charge is 2.38. The SMILES string of the molecule is O=C(NCc1nnc2ccccn12)NCC1(N2CCOCC2)CCCCC1. The van der Waals surface area contributed by atoms with Crippen LogP contribution in [0.2, 0.25) is 0 Å². The molecule has 3 heterocycles. The lowest BCUT2D eigenvalue weighted by Crippen LogP contribution is -2.60. The Kier molecular flexibility index (Phi) is 5.54. The zero-order chi connectivity index (χ0) is 18.5. The van der Waals surface area contributed by atoms with E-state index < -0.39 is 0 Å². The van der Waals surface area contributed by atoms with Crippen molar-refractivity contribution in [2.24, 2.45) is 0 Å². The number of urea groups is 1. The van der Waals surface area contributed by atoms with Crippen molar-refractivity contribution in [2.45, 2.75) is 44.2 Å². The lowest BCUT2D eigenvalue weighted by Gasteiger charge is -2.48. The number of morpholine rings is 1. The van der Waals surface area contributed by atoms with Crippen LogP contribution in [0.15, 0.2) is 24.4 Å². The molecule has 1 saturated heterocycles. The first kappa shape index (κ1) is 18.2. The van der Waals surface area contributed by atoms with E-state index in [9.17, 15) is 4.79 Å². The second kappa shape index (κ2) is 8.22. The van der Waals surface area contributed by atoms with E-state index in [0.717, 1.165) is 50.6 Å². The first-order valence-corrected chi connectivity index (χ1v) is 9.90. The molecular formula is C19H28N6O2. The molecule has 146 valence electrons. The third kappa shape index (κ3) is 4.06. The zero-order valence-electron chi connectivity index (χ0n) is 15.7. The van der Waals surface area contributed by atoms with E-state index >= 15 is 0 Å². The zero-order valence-corrected chi connectivity index (χ0v) is 15.7. The molecule has 1 aliphatic heterocycles. The maximum absolute atomic E-state index is 12.4. The lowest BCUT2D eigenvalue weighted by atomic mass is 9.80. The molecule has 0 spiro atoms. The third-order valence-corrected chi connectivity index (χ3v) is 5.84. The molecule has 0 unspecified atom stereocenters. The van der Waals surface area contributed by atoms with Crippen LogP contribution in [0.5, 0.6) is 0 Å². The topological polar surface area (TPSA) is 83.8 Å². The summed E-state index contributed by atoms with van der Waals surface area (Å²) in [5, 5.41) is 14.3. The van der Waals surface area contributed by atoms with Crippen molar-refractivity contribution in [2.75, 3.05) is 32.8 Å². The van der Waals surface area contributed by atoms with Gasteiger partial charge < -0.3 is 15.4 Å². The van der Waals surface area contributed by atoms with Gasteiger partial charge in [-0.2, -0.15) is 0 Å². The Balaban J connectivity index is 1.34. The molecule has 0 atom stereocenters. The summed E-state index contributed by atoms with van der Waals surface area (Å²) in [6, 6.07) is 5.59. The van der Waals surface area contributed by atoms with Crippen molar-refractivity contribution in [1.82, 2.24) is 30.1 Å². The number of amides is 2. The van der Waals surface area contributed by atoms with Crippen LogP contribution >= 0.6 is 0 Å².